The summed E-state index contributed by atoms with van der Waals surface area (Å²) in [5.74, 6) is 1.60. The Bertz CT molecular complexity index is 1020. The number of hydrogen-bond donors (Lipinski definition) is 0. The number of carbonyl (C=O) groups is 1. The average Bonchev–Trinajstić information content (AvgIpc) is 3.53. The summed E-state index contributed by atoms with van der Waals surface area (Å²) in [6, 6.07) is 9.69. The average molecular weight is 456 g/mol. The second-order valence-corrected chi connectivity index (χ2v) is 8.79. The fourth-order valence-electron chi connectivity index (χ4n) is 4.40. The number of aromatic nitrogens is 2. The van der Waals surface area contributed by atoms with Crippen LogP contribution in [0.15, 0.2) is 51.7 Å². The normalized spacial score (nSPS) is 18.3. The highest BCUT2D eigenvalue weighted by Gasteiger charge is 2.28. The predicted molar refractivity (Wildman–Crippen MR) is 121 cm³/mol. The number of rotatable bonds is 5. The second-order valence-electron chi connectivity index (χ2n) is 8.35. The Morgan fingerprint density at radius 3 is 2.44 bits per heavy atom. The first kappa shape index (κ1) is 21.0. The van der Waals surface area contributed by atoms with E-state index in [1.54, 1.807) is 18.6 Å². The fraction of sp³-hybridized carbons (Fsp3) is 0.435. The van der Waals surface area contributed by atoms with Crippen molar-refractivity contribution < 1.29 is 13.6 Å². The number of piperazine rings is 1. The van der Waals surface area contributed by atoms with Crippen molar-refractivity contribution in [2.24, 2.45) is 0 Å². The topological polar surface area (TPSA) is 78.8 Å². The van der Waals surface area contributed by atoms with Crippen LogP contribution in [0.1, 0.15) is 24.7 Å². The van der Waals surface area contributed by atoms with Crippen molar-refractivity contribution in [3.63, 3.8) is 0 Å². The van der Waals surface area contributed by atoms with Crippen LogP contribution in [-0.4, -0.2) is 71.7 Å². The van der Waals surface area contributed by atoms with Crippen molar-refractivity contribution in [2.45, 2.75) is 18.8 Å². The van der Waals surface area contributed by atoms with E-state index in [2.05, 4.69) is 20.0 Å². The molecule has 2 fully saturated rings. The maximum Gasteiger partial charge on any atom is 0.250 e. The summed E-state index contributed by atoms with van der Waals surface area (Å²) in [6.45, 7) is 5.34. The van der Waals surface area contributed by atoms with Gasteiger partial charge in [-0.15, -0.1) is 10.2 Å². The van der Waals surface area contributed by atoms with Gasteiger partial charge in [-0.05, 0) is 56.3 Å². The summed E-state index contributed by atoms with van der Waals surface area (Å²) in [5, 5.41) is 9.10. The number of carbonyl (C=O) groups excluding carboxylic acids is 1. The molecular formula is C23H26ClN5O3. The van der Waals surface area contributed by atoms with Crippen LogP contribution in [-0.2, 0) is 4.79 Å². The Labute approximate surface area is 191 Å². The van der Waals surface area contributed by atoms with Crippen molar-refractivity contribution in [3.8, 4) is 11.5 Å². The van der Waals surface area contributed by atoms with Gasteiger partial charge in [0, 0.05) is 42.8 Å². The first-order valence-electron chi connectivity index (χ1n) is 11.0. The summed E-state index contributed by atoms with van der Waals surface area (Å²) >= 11 is 5.98. The molecule has 5 rings (SSSR count). The van der Waals surface area contributed by atoms with Crippen molar-refractivity contribution in [1.29, 1.82) is 0 Å². The van der Waals surface area contributed by atoms with Crippen molar-refractivity contribution in [2.75, 3.05) is 50.7 Å². The molecule has 168 valence electrons. The molecule has 0 unspecified atom stereocenters. The van der Waals surface area contributed by atoms with Gasteiger partial charge in [-0.2, -0.15) is 0 Å². The van der Waals surface area contributed by atoms with Gasteiger partial charge in [-0.1, -0.05) is 11.6 Å². The number of halogens is 1. The summed E-state index contributed by atoms with van der Waals surface area (Å²) in [5.41, 5.74) is 1.95. The number of benzene rings is 1. The van der Waals surface area contributed by atoms with Crippen LogP contribution in [0, 0.1) is 0 Å². The van der Waals surface area contributed by atoms with E-state index in [-0.39, 0.29) is 11.8 Å². The predicted octanol–water partition coefficient (Wildman–Crippen LogP) is 3.51. The van der Waals surface area contributed by atoms with Crippen molar-refractivity contribution >= 4 is 23.2 Å². The third kappa shape index (κ3) is 4.66. The zero-order chi connectivity index (χ0) is 21.9. The summed E-state index contributed by atoms with van der Waals surface area (Å²) in [6.07, 6.45) is 5.00. The molecule has 3 aromatic rings. The quantitative estimate of drug-likeness (QED) is 0.582. The second kappa shape index (κ2) is 9.34. The molecule has 2 aliphatic heterocycles. The summed E-state index contributed by atoms with van der Waals surface area (Å²) in [4.78, 5) is 19.4. The number of anilines is 1. The third-order valence-corrected chi connectivity index (χ3v) is 6.58. The highest BCUT2D eigenvalue weighted by atomic mass is 35.5. The Morgan fingerprint density at radius 1 is 1.00 bits per heavy atom. The smallest absolute Gasteiger partial charge is 0.250 e. The lowest BCUT2D eigenvalue weighted by molar-refractivity contribution is -0.133. The number of hydrogen-bond acceptors (Lipinski definition) is 7. The molecule has 0 aliphatic carbocycles. The number of piperidine rings is 1. The number of nitrogens with zero attached hydrogens (tertiary/aromatic N) is 5. The van der Waals surface area contributed by atoms with Gasteiger partial charge >= 0.3 is 0 Å². The van der Waals surface area contributed by atoms with Gasteiger partial charge in [0.05, 0.1) is 18.4 Å². The molecule has 8 nitrogen and oxygen atoms in total. The lowest BCUT2D eigenvalue weighted by Gasteiger charge is -2.37. The maximum absolute atomic E-state index is 12.8. The van der Waals surface area contributed by atoms with Gasteiger partial charge < -0.3 is 18.6 Å². The van der Waals surface area contributed by atoms with E-state index < -0.39 is 0 Å². The Morgan fingerprint density at radius 2 is 1.75 bits per heavy atom. The minimum absolute atomic E-state index is 0.208. The number of amides is 1. The van der Waals surface area contributed by atoms with Crippen LogP contribution in [0.25, 0.3) is 11.5 Å². The monoisotopic (exact) mass is 455 g/mol. The standard InChI is InChI=1S/C23H26ClN5O3/c24-19-1-3-20(4-2-19)28-10-12-29(13-11-28)21(30)15-27-8-5-17(6-9-27)22-25-26-23(32-22)18-7-14-31-16-18/h1-4,7,14,16-17H,5-6,8-13,15H2. The minimum atomic E-state index is 0.208. The number of furan rings is 1. The van der Waals surface area contributed by atoms with Crippen LogP contribution in [0.3, 0.4) is 0 Å². The molecule has 1 aromatic carbocycles. The number of likely N-dealkylation sites (tertiary alicyclic amines) is 1. The van der Waals surface area contributed by atoms with Crippen molar-refractivity contribution in [1.82, 2.24) is 20.0 Å². The van der Waals surface area contributed by atoms with E-state index in [0.29, 0.717) is 18.3 Å². The van der Waals surface area contributed by atoms with Gasteiger partial charge in [0.2, 0.25) is 11.8 Å². The zero-order valence-electron chi connectivity index (χ0n) is 17.8. The Kier molecular flexibility index (Phi) is 6.14. The minimum Gasteiger partial charge on any atom is -0.472 e. The fourth-order valence-corrected chi connectivity index (χ4v) is 4.52. The highest BCUT2D eigenvalue weighted by Crippen LogP contribution is 2.29. The molecule has 0 saturated carbocycles. The molecular weight excluding hydrogens is 430 g/mol. The molecule has 4 heterocycles. The van der Waals surface area contributed by atoms with Crippen LogP contribution in [0.2, 0.25) is 5.02 Å². The van der Waals surface area contributed by atoms with E-state index in [9.17, 15) is 4.79 Å². The van der Waals surface area contributed by atoms with Crippen LogP contribution >= 0.6 is 11.6 Å². The van der Waals surface area contributed by atoms with E-state index in [1.165, 1.54) is 0 Å². The summed E-state index contributed by atoms with van der Waals surface area (Å²) < 4.78 is 10.9. The van der Waals surface area contributed by atoms with E-state index in [4.69, 9.17) is 20.4 Å². The first-order chi connectivity index (χ1) is 15.7. The van der Waals surface area contributed by atoms with Gasteiger partial charge in [0.1, 0.15) is 6.26 Å². The SMILES string of the molecule is O=C(CN1CCC(c2nnc(-c3ccoc3)o2)CC1)N1CCN(c2ccc(Cl)cc2)CC1. The Balaban J connectivity index is 1.08. The third-order valence-electron chi connectivity index (χ3n) is 6.33. The largest absolute Gasteiger partial charge is 0.472 e. The molecule has 2 aliphatic rings. The van der Waals surface area contributed by atoms with E-state index in [0.717, 1.165) is 68.4 Å². The van der Waals surface area contributed by atoms with Gasteiger partial charge in [0.15, 0.2) is 0 Å². The first-order valence-corrected chi connectivity index (χ1v) is 11.4. The summed E-state index contributed by atoms with van der Waals surface area (Å²) in [7, 11) is 0. The van der Waals surface area contributed by atoms with Crippen LogP contribution in [0.4, 0.5) is 5.69 Å². The molecule has 0 bridgehead atoms. The van der Waals surface area contributed by atoms with Gasteiger partial charge in [-0.3, -0.25) is 9.69 Å². The van der Waals surface area contributed by atoms with E-state index >= 15 is 0 Å². The maximum atomic E-state index is 12.8. The molecule has 9 heteroatoms. The molecule has 0 N–H and O–H groups in total. The highest BCUT2D eigenvalue weighted by molar-refractivity contribution is 6.30. The molecule has 0 radical (unpaired) electrons. The van der Waals surface area contributed by atoms with Gasteiger partial charge in [-0.25, -0.2) is 0 Å². The lowest BCUT2D eigenvalue weighted by atomic mass is 9.97. The van der Waals surface area contributed by atoms with Crippen LogP contribution in [0.5, 0.6) is 0 Å². The zero-order valence-corrected chi connectivity index (χ0v) is 18.6. The molecule has 0 atom stereocenters. The molecule has 32 heavy (non-hydrogen) atoms. The Hall–Kier alpha value is -2.84. The molecule has 2 saturated heterocycles. The molecule has 1 amide bonds. The molecule has 2 aromatic heterocycles. The van der Waals surface area contributed by atoms with Gasteiger partial charge in [0.25, 0.3) is 5.89 Å². The van der Waals surface area contributed by atoms with Crippen LogP contribution < -0.4 is 4.90 Å². The lowest BCUT2D eigenvalue weighted by Crippen LogP contribution is -2.51. The molecule has 0 spiro atoms. The van der Waals surface area contributed by atoms with Crippen molar-refractivity contribution in [3.05, 3.63) is 53.8 Å². The van der Waals surface area contributed by atoms with E-state index in [1.807, 2.05) is 29.2 Å².